The molecule has 2 aromatic carbocycles. The molecule has 0 aliphatic carbocycles. The molecule has 0 saturated heterocycles. The van der Waals surface area contributed by atoms with Gasteiger partial charge >= 0.3 is 0 Å². The van der Waals surface area contributed by atoms with Gasteiger partial charge in [-0.25, -0.2) is 9.36 Å². The highest BCUT2D eigenvalue weighted by molar-refractivity contribution is 6.02. The van der Waals surface area contributed by atoms with Crippen LogP contribution in [0.5, 0.6) is 0 Å². The van der Waals surface area contributed by atoms with E-state index in [0.717, 1.165) is 21.6 Å². The lowest BCUT2D eigenvalue weighted by molar-refractivity contribution is 0.101. The molecule has 1 amide bonds. The molecule has 0 atom stereocenters. The lowest BCUT2D eigenvalue weighted by Crippen LogP contribution is -2.24. The molecule has 7 heteroatoms. The second kappa shape index (κ2) is 7.32. The molecule has 1 N–H and O–H groups in total. The van der Waals surface area contributed by atoms with Crippen LogP contribution < -0.4 is 10.9 Å². The Morgan fingerprint density at radius 1 is 0.893 bits per heavy atom. The fourth-order valence-corrected chi connectivity index (χ4v) is 2.79. The van der Waals surface area contributed by atoms with E-state index in [-0.39, 0.29) is 11.3 Å². The highest BCUT2D eigenvalue weighted by atomic mass is 16.2. The maximum absolute atomic E-state index is 12.7. The summed E-state index contributed by atoms with van der Waals surface area (Å²) in [6.07, 6.45) is 0. The highest BCUT2D eigenvalue weighted by Gasteiger charge is 2.16. The lowest BCUT2D eigenvalue weighted by Gasteiger charge is -2.08. The van der Waals surface area contributed by atoms with Gasteiger partial charge in [0.1, 0.15) is 11.5 Å². The molecule has 28 heavy (non-hydrogen) atoms. The van der Waals surface area contributed by atoms with Crippen LogP contribution in [0.2, 0.25) is 0 Å². The number of nitrogens with one attached hydrogen (secondary N) is 1. The summed E-state index contributed by atoms with van der Waals surface area (Å²) in [5, 5.41) is 11.5. The number of nitrogens with zero attached hydrogens (tertiary/aromatic N) is 4. The van der Waals surface area contributed by atoms with E-state index in [1.807, 2.05) is 66.7 Å². The van der Waals surface area contributed by atoms with Crippen LogP contribution in [0.1, 0.15) is 10.5 Å². The van der Waals surface area contributed by atoms with Crippen molar-refractivity contribution in [2.45, 2.75) is 0 Å². The number of amides is 1. The summed E-state index contributed by atoms with van der Waals surface area (Å²) >= 11 is 0. The SMILES string of the molecule is Cn1nc(C(=O)Nc2cc(-c3ccccc3)nn2-c2ccccc2)ccc1=O. The first-order valence-corrected chi connectivity index (χ1v) is 8.68. The number of anilines is 1. The van der Waals surface area contributed by atoms with Crippen molar-refractivity contribution < 1.29 is 4.79 Å². The molecule has 0 aliphatic rings. The Bertz CT molecular complexity index is 1180. The smallest absolute Gasteiger partial charge is 0.277 e. The number of rotatable bonds is 4. The Morgan fingerprint density at radius 3 is 2.25 bits per heavy atom. The second-order valence-electron chi connectivity index (χ2n) is 6.16. The minimum atomic E-state index is -0.424. The number of para-hydroxylation sites is 1. The first kappa shape index (κ1) is 17.4. The van der Waals surface area contributed by atoms with E-state index in [4.69, 9.17) is 0 Å². The number of hydrogen-bond acceptors (Lipinski definition) is 4. The van der Waals surface area contributed by atoms with Gasteiger partial charge in [-0.2, -0.15) is 10.2 Å². The van der Waals surface area contributed by atoms with Crippen LogP contribution in [0.15, 0.2) is 83.7 Å². The normalized spacial score (nSPS) is 10.6. The first-order valence-electron chi connectivity index (χ1n) is 8.68. The molecule has 4 aromatic rings. The van der Waals surface area contributed by atoms with Crippen LogP contribution >= 0.6 is 0 Å². The topological polar surface area (TPSA) is 81.8 Å². The van der Waals surface area contributed by atoms with E-state index < -0.39 is 5.91 Å². The van der Waals surface area contributed by atoms with Crippen molar-refractivity contribution in [1.29, 1.82) is 0 Å². The molecular formula is C21H17N5O2. The van der Waals surface area contributed by atoms with Gasteiger partial charge in [0.2, 0.25) is 0 Å². The van der Waals surface area contributed by atoms with E-state index >= 15 is 0 Å². The molecule has 0 saturated carbocycles. The molecule has 0 bridgehead atoms. The molecule has 0 unspecified atom stereocenters. The van der Waals surface area contributed by atoms with E-state index in [0.29, 0.717) is 5.82 Å². The lowest BCUT2D eigenvalue weighted by atomic mass is 10.1. The van der Waals surface area contributed by atoms with Crippen molar-refractivity contribution >= 4 is 11.7 Å². The molecule has 138 valence electrons. The van der Waals surface area contributed by atoms with Gasteiger partial charge in [-0.05, 0) is 18.2 Å². The summed E-state index contributed by atoms with van der Waals surface area (Å²) in [7, 11) is 1.50. The largest absolute Gasteiger partial charge is 0.305 e. The van der Waals surface area contributed by atoms with Crippen LogP contribution in [-0.2, 0) is 7.05 Å². The van der Waals surface area contributed by atoms with Crippen LogP contribution in [0.3, 0.4) is 0 Å². The number of carbonyl (C=O) groups is 1. The summed E-state index contributed by atoms with van der Waals surface area (Å²) in [5.74, 6) is 0.0815. The molecular weight excluding hydrogens is 354 g/mol. The van der Waals surface area contributed by atoms with Crippen molar-refractivity contribution in [2.75, 3.05) is 5.32 Å². The predicted molar refractivity (Wildman–Crippen MR) is 106 cm³/mol. The zero-order chi connectivity index (χ0) is 19.5. The molecule has 7 nitrogen and oxygen atoms in total. The van der Waals surface area contributed by atoms with Gasteiger partial charge < -0.3 is 5.32 Å². The zero-order valence-corrected chi connectivity index (χ0v) is 15.1. The fraction of sp³-hybridized carbons (Fsp3) is 0.0476. The van der Waals surface area contributed by atoms with E-state index in [2.05, 4.69) is 15.5 Å². The van der Waals surface area contributed by atoms with Crippen LogP contribution in [0, 0.1) is 0 Å². The van der Waals surface area contributed by atoms with Crippen LogP contribution in [0.25, 0.3) is 16.9 Å². The third-order valence-corrected chi connectivity index (χ3v) is 4.21. The van der Waals surface area contributed by atoms with Crippen LogP contribution in [0.4, 0.5) is 5.82 Å². The minimum absolute atomic E-state index is 0.143. The molecule has 0 spiro atoms. The third-order valence-electron chi connectivity index (χ3n) is 4.21. The van der Waals surface area contributed by atoms with Gasteiger partial charge in [-0.15, -0.1) is 0 Å². The van der Waals surface area contributed by atoms with E-state index in [1.165, 1.54) is 19.2 Å². The molecule has 0 aliphatic heterocycles. The number of carbonyl (C=O) groups excluding carboxylic acids is 1. The number of aromatic nitrogens is 4. The Morgan fingerprint density at radius 2 is 1.57 bits per heavy atom. The summed E-state index contributed by atoms with van der Waals surface area (Å²) in [6, 6.07) is 23.8. The predicted octanol–water partition coefficient (Wildman–Crippen LogP) is 2.89. The van der Waals surface area contributed by atoms with Gasteiger partial charge in [-0.3, -0.25) is 9.59 Å². The summed E-state index contributed by atoms with van der Waals surface area (Å²) < 4.78 is 2.79. The first-order chi connectivity index (χ1) is 13.6. The monoisotopic (exact) mass is 371 g/mol. The Labute approximate surface area is 160 Å². The molecule has 2 heterocycles. The molecule has 0 radical (unpaired) electrons. The number of benzene rings is 2. The fourth-order valence-electron chi connectivity index (χ4n) is 2.79. The number of aryl methyl sites for hydroxylation is 1. The van der Waals surface area contributed by atoms with Crippen LogP contribution in [-0.4, -0.2) is 25.5 Å². The van der Waals surface area contributed by atoms with Crippen molar-refractivity contribution in [1.82, 2.24) is 19.6 Å². The highest BCUT2D eigenvalue weighted by Crippen LogP contribution is 2.24. The molecule has 0 fully saturated rings. The Kier molecular flexibility index (Phi) is 4.55. The maximum Gasteiger partial charge on any atom is 0.277 e. The Hall–Kier alpha value is -4.00. The number of hydrogen-bond donors (Lipinski definition) is 1. The maximum atomic E-state index is 12.7. The quantitative estimate of drug-likeness (QED) is 0.598. The van der Waals surface area contributed by atoms with Gasteiger partial charge in [0.05, 0.1) is 11.4 Å². The zero-order valence-electron chi connectivity index (χ0n) is 15.1. The van der Waals surface area contributed by atoms with Gasteiger partial charge in [-0.1, -0.05) is 48.5 Å². The third kappa shape index (κ3) is 3.45. The van der Waals surface area contributed by atoms with Crippen molar-refractivity contribution in [3.63, 3.8) is 0 Å². The van der Waals surface area contributed by atoms with Gasteiger partial charge in [0.25, 0.3) is 11.5 Å². The summed E-state index contributed by atoms with van der Waals surface area (Å²) in [6.45, 7) is 0. The van der Waals surface area contributed by atoms with Crippen molar-refractivity contribution in [3.8, 4) is 16.9 Å². The van der Waals surface area contributed by atoms with Gasteiger partial charge in [0, 0.05) is 24.7 Å². The average Bonchev–Trinajstić information content (AvgIpc) is 3.15. The summed E-state index contributed by atoms with van der Waals surface area (Å²) in [4.78, 5) is 24.2. The molecule has 2 aromatic heterocycles. The van der Waals surface area contributed by atoms with Crippen molar-refractivity contribution in [3.05, 3.63) is 94.9 Å². The van der Waals surface area contributed by atoms with E-state index in [1.54, 1.807) is 4.68 Å². The second-order valence-corrected chi connectivity index (χ2v) is 6.16. The van der Waals surface area contributed by atoms with E-state index in [9.17, 15) is 9.59 Å². The van der Waals surface area contributed by atoms with Crippen molar-refractivity contribution in [2.24, 2.45) is 7.05 Å². The summed E-state index contributed by atoms with van der Waals surface area (Å²) in [5.41, 5.74) is 2.34. The molecule has 4 rings (SSSR count). The van der Waals surface area contributed by atoms with Gasteiger partial charge in [0.15, 0.2) is 0 Å². The Balaban J connectivity index is 1.74. The standard InChI is InChI=1S/C21H17N5O2/c1-25-20(27)13-12-17(23-25)21(28)22-19-14-18(15-8-4-2-5-9-15)24-26(19)16-10-6-3-7-11-16/h2-14H,1H3,(H,22,28). The minimum Gasteiger partial charge on any atom is -0.305 e. The average molecular weight is 371 g/mol.